The van der Waals surface area contributed by atoms with Crippen molar-refractivity contribution in [1.82, 2.24) is 0 Å². The molecular formula is C19H23Cl2NO. The third-order valence-corrected chi connectivity index (χ3v) is 4.18. The molecule has 0 fully saturated rings. The van der Waals surface area contributed by atoms with Crippen molar-refractivity contribution >= 4 is 28.9 Å². The molecule has 2 aromatic rings. The van der Waals surface area contributed by atoms with Gasteiger partial charge in [0.1, 0.15) is 5.75 Å². The molecule has 124 valence electrons. The lowest BCUT2D eigenvalue weighted by Crippen LogP contribution is -2.04. The Kier molecular flexibility index (Phi) is 7.57. The first-order valence-electron chi connectivity index (χ1n) is 8.10. The monoisotopic (exact) mass is 351 g/mol. The molecule has 0 amide bonds. The van der Waals surface area contributed by atoms with Crippen LogP contribution in [0.3, 0.4) is 0 Å². The molecular weight excluding hydrogens is 329 g/mol. The van der Waals surface area contributed by atoms with Crippen molar-refractivity contribution in [2.75, 3.05) is 11.9 Å². The minimum absolute atomic E-state index is 0.621. The zero-order valence-electron chi connectivity index (χ0n) is 13.4. The summed E-state index contributed by atoms with van der Waals surface area (Å²) in [6.07, 6.45) is 4.82. The number of benzene rings is 2. The zero-order valence-corrected chi connectivity index (χ0v) is 15.0. The number of para-hydroxylation sites is 1. The van der Waals surface area contributed by atoms with E-state index in [1.165, 1.54) is 19.3 Å². The summed E-state index contributed by atoms with van der Waals surface area (Å²) in [5, 5.41) is 4.59. The lowest BCUT2D eigenvalue weighted by atomic mass is 10.2. The van der Waals surface area contributed by atoms with Gasteiger partial charge in [-0.25, -0.2) is 0 Å². The topological polar surface area (TPSA) is 21.3 Å². The fourth-order valence-electron chi connectivity index (χ4n) is 2.32. The summed E-state index contributed by atoms with van der Waals surface area (Å²) in [5.41, 5.74) is 1.99. The van der Waals surface area contributed by atoms with E-state index in [-0.39, 0.29) is 0 Å². The predicted molar refractivity (Wildman–Crippen MR) is 99.9 cm³/mol. The number of hydrogen-bond acceptors (Lipinski definition) is 2. The van der Waals surface area contributed by atoms with Crippen LogP contribution in [0.15, 0.2) is 42.5 Å². The van der Waals surface area contributed by atoms with Crippen LogP contribution in [0.4, 0.5) is 5.69 Å². The van der Waals surface area contributed by atoms with Crippen LogP contribution in [0, 0.1) is 0 Å². The van der Waals surface area contributed by atoms with Crippen LogP contribution in [-0.2, 0) is 6.54 Å². The molecule has 0 saturated heterocycles. The molecule has 0 bridgehead atoms. The Morgan fingerprint density at radius 2 is 1.83 bits per heavy atom. The first-order chi connectivity index (χ1) is 11.2. The fourth-order valence-corrected chi connectivity index (χ4v) is 2.80. The molecule has 0 heterocycles. The molecule has 0 radical (unpaired) electrons. The van der Waals surface area contributed by atoms with E-state index in [9.17, 15) is 0 Å². The lowest BCUT2D eigenvalue weighted by molar-refractivity contribution is 0.302. The number of hydrogen-bond donors (Lipinski definition) is 1. The molecule has 23 heavy (non-hydrogen) atoms. The van der Waals surface area contributed by atoms with Crippen LogP contribution in [0.25, 0.3) is 0 Å². The highest BCUT2D eigenvalue weighted by Crippen LogP contribution is 2.27. The van der Waals surface area contributed by atoms with Gasteiger partial charge in [0, 0.05) is 17.1 Å². The van der Waals surface area contributed by atoms with E-state index in [0.29, 0.717) is 16.6 Å². The van der Waals surface area contributed by atoms with Crippen molar-refractivity contribution in [2.45, 2.75) is 39.2 Å². The quantitative estimate of drug-likeness (QED) is 0.516. The van der Waals surface area contributed by atoms with E-state index in [4.69, 9.17) is 27.9 Å². The number of ether oxygens (including phenoxy) is 1. The number of nitrogens with one attached hydrogen (secondary N) is 1. The van der Waals surface area contributed by atoms with Crippen molar-refractivity contribution in [2.24, 2.45) is 0 Å². The Hall–Kier alpha value is -1.38. The van der Waals surface area contributed by atoms with Crippen LogP contribution in [0.1, 0.15) is 38.2 Å². The summed E-state index contributed by atoms with van der Waals surface area (Å²) >= 11 is 12.1. The van der Waals surface area contributed by atoms with Crippen LogP contribution < -0.4 is 10.1 Å². The molecule has 2 nitrogen and oxygen atoms in total. The molecule has 0 aliphatic carbocycles. The fraction of sp³-hybridized carbons (Fsp3) is 0.368. The van der Waals surface area contributed by atoms with Crippen molar-refractivity contribution < 1.29 is 4.74 Å². The number of rotatable bonds is 9. The van der Waals surface area contributed by atoms with Gasteiger partial charge in [-0.05, 0) is 30.7 Å². The highest BCUT2D eigenvalue weighted by Gasteiger charge is 2.05. The predicted octanol–water partition coefficient (Wildman–Crippen LogP) is 6.56. The van der Waals surface area contributed by atoms with Crippen LogP contribution >= 0.6 is 23.2 Å². The summed E-state index contributed by atoms with van der Waals surface area (Å²) in [6.45, 7) is 3.63. The first-order valence-corrected chi connectivity index (χ1v) is 8.86. The maximum Gasteiger partial charge on any atom is 0.124 e. The summed E-state index contributed by atoms with van der Waals surface area (Å²) in [6, 6.07) is 13.6. The van der Waals surface area contributed by atoms with Gasteiger partial charge in [0.2, 0.25) is 0 Å². The molecule has 0 saturated carbocycles. The summed E-state index contributed by atoms with van der Waals surface area (Å²) in [7, 11) is 0. The first kappa shape index (κ1) is 18.0. The zero-order chi connectivity index (χ0) is 16.5. The van der Waals surface area contributed by atoms with E-state index < -0.39 is 0 Å². The minimum atomic E-state index is 0.621. The van der Waals surface area contributed by atoms with Crippen molar-refractivity contribution in [3.63, 3.8) is 0 Å². The Morgan fingerprint density at radius 1 is 1.00 bits per heavy atom. The van der Waals surface area contributed by atoms with Crippen LogP contribution in [-0.4, -0.2) is 6.61 Å². The standard InChI is InChI=1S/C19H23Cl2NO/c1-2-3-4-7-12-23-19-9-6-5-8-15(19)14-22-18-11-10-16(20)13-17(18)21/h5-6,8-11,13,22H,2-4,7,12,14H2,1H3. The van der Waals surface area contributed by atoms with Crippen molar-refractivity contribution in [1.29, 1.82) is 0 Å². The van der Waals surface area contributed by atoms with Gasteiger partial charge >= 0.3 is 0 Å². The van der Waals surface area contributed by atoms with Crippen LogP contribution in [0.2, 0.25) is 10.0 Å². The second-order valence-corrected chi connectivity index (χ2v) is 6.34. The van der Waals surface area contributed by atoms with Crippen LogP contribution in [0.5, 0.6) is 5.75 Å². The maximum absolute atomic E-state index is 6.19. The van der Waals surface area contributed by atoms with E-state index in [1.807, 2.05) is 30.3 Å². The van der Waals surface area contributed by atoms with Crippen molar-refractivity contribution in [3.8, 4) is 5.75 Å². The molecule has 0 unspecified atom stereocenters. The minimum Gasteiger partial charge on any atom is -0.493 e. The SMILES string of the molecule is CCCCCCOc1ccccc1CNc1ccc(Cl)cc1Cl. The molecule has 0 aromatic heterocycles. The molecule has 0 aliphatic rings. The Morgan fingerprint density at radius 3 is 2.61 bits per heavy atom. The van der Waals surface area contributed by atoms with Gasteiger partial charge in [-0.2, -0.15) is 0 Å². The van der Waals surface area contributed by atoms with E-state index in [2.05, 4.69) is 18.3 Å². The summed E-state index contributed by atoms with van der Waals surface area (Å²) in [5.74, 6) is 0.932. The van der Waals surface area contributed by atoms with E-state index in [0.717, 1.165) is 30.0 Å². The van der Waals surface area contributed by atoms with E-state index >= 15 is 0 Å². The molecule has 0 spiro atoms. The third kappa shape index (κ3) is 5.96. The maximum atomic E-state index is 6.19. The van der Waals surface area contributed by atoms with Gasteiger partial charge in [-0.1, -0.05) is 67.6 Å². The number of anilines is 1. The molecule has 2 rings (SSSR count). The summed E-state index contributed by atoms with van der Waals surface area (Å²) in [4.78, 5) is 0. The number of halogens is 2. The van der Waals surface area contributed by atoms with Gasteiger partial charge in [0.15, 0.2) is 0 Å². The average molecular weight is 352 g/mol. The van der Waals surface area contributed by atoms with Gasteiger partial charge in [-0.3, -0.25) is 0 Å². The highest BCUT2D eigenvalue weighted by atomic mass is 35.5. The van der Waals surface area contributed by atoms with Gasteiger partial charge in [-0.15, -0.1) is 0 Å². The normalized spacial score (nSPS) is 10.6. The van der Waals surface area contributed by atoms with E-state index in [1.54, 1.807) is 6.07 Å². The largest absolute Gasteiger partial charge is 0.493 e. The Bertz CT molecular complexity index is 616. The summed E-state index contributed by atoms with van der Waals surface area (Å²) < 4.78 is 5.93. The number of unbranched alkanes of at least 4 members (excludes halogenated alkanes) is 3. The average Bonchev–Trinajstić information content (AvgIpc) is 2.55. The molecule has 1 N–H and O–H groups in total. The van der Waals surface area contributed by atoms with Gasteiger partial charge in [0.05, 0.1) is 17.3 Å². The second kappa shape index (κ2) is 9.69. The van der Waals surface area contributed by atoms with Gasteiger partial charge < -0.3 is 10.1 Å². The Balaban J connectivity index is 1.92. The van der Waals surface area contributed by atoms with Gasteiger partial charge in [0.25, 0.3) is 0 Å². The lowest BCUT2D eigenvalue weighted by Gasteiger charge is -2.13. The Labute approximate surface area is 148 Å². The smallest absolute Gasteiger partial charge is 0.124 e. The van der Waals surface area contributed by atoms with Crippen molar-refractivity contribution in [3.05, 3.63) is 58.1 Å². The molecule has 0 atom stereocenters. The third-order valence-electron chi connectivity index (χ3n) is 3.63. The molecule has 4 heteroatoms. The molecule has 2 aromatic carbocycles. The molecule has 0 aliphatic heterocycles. The second-order valence-electron chi connectivity index (χ2n) is 5.49. The highest BCUT2D eigenvalue weighted by molar-refractivity contribution is 6.36.